The van der Waals surface area contributed by atoms with Gasteiger partial charge in [0.25, 0.3) is 0 Å². The van der Waals surface area contributed by atoms with Gasteiger partial charge in [-0.1, -0.05) is 30.3 Å². The van der Waals surface area contributed by atoms with E-state index in [1.165, 1.54) is 0 Å². The van der Waals surface area contributed by atoms with E-state index in [4.69, 9.17) is 0 Å². The second-order valence-electron chi connectivity index (χ2n) is 3.48. The first-order chi connectivity index (χ1) is 7.39. The van der Waals surface area contributed by atoms with E-state index in [9.17, 15) is 18.0 Å². The van der Waals surface area contributed by atoms with E-state index in [1.54, 1.807) is 30.3 Å². The molecule has 88 valence electrons. The molecule has 2 nitrogen and oxygen atoms in total. The molecule has 1 atom stereocenters. The standard InChI is InChI=1S/C11H12F3NO/c1-8(16)15-10(11(12,13)14)7-9-5-3-2-4-6-9/h2-6,10H,7H2,1H3,(H,15,16). The molecule has 0 radical (unpaired) electrons. The fraction of sp³-hybridized carbons (Fsp3) is 0.364. The van der Waals surface area contributed by atoms with Crippen molar-refractivity contribution >= 4 is 5.91 Å². The van der Waals surface area contributed by atoms with Crippen LogP contribution in [0.5, 0.6) is 0 Å². The molecular formula is C11H12F3NO. The lowest BCUT2D eigenvalue weighted by Crippen LogP contribution is -2.45. The molecule has 1 aromatic carbocycles. The fourth-order valence-electron chi connectivity index (χ4n) is 1.34. The van der Waals surface area contributed by atoms with Crippen LogP contribution in [0.1, 0.15) is 12.5 Å². The second kappa shape index (κ2) is 5.01. The van der Waals surface area contributed by atoms with Crippen LogP contribution in [0.15, 0.2) is 30.3 Å². The van der Waals surface area contributed by atoms with Crippen LogP contribution in [0.25, 0.3) is 0 Å². The SMILES string of the molecule is CC(=O)NC(Cc1ccccc1)C(F)(F)F. The summed E-state index contributed by atoms with van der Waals surface area (Å²) in [5.41, 5.74) is 0.540. The predicted octanol–water partition coefficient (Wildman–Crippen LogP) is 2.30. The molecule has 0 saturated heterocycles. The van der Waals surface area contributed by atoms with Crippen molar-refractivity contribution in [1.82, 2.24) is 5.32 Å². The molecule has 0 fully saturated rings. The average molecular weight is 231 g/mol. The summed E-state index contributed by atoms with van der Waals surface area (Å²) < 4.78 is 37.7. The molecule has 0 heterocycles. The van der Waals surface area contributed by atoms with Gasteiger partial charge in [0, 0.05) is 13.3 Å². The zero-order chi connectivity index (χ0) is 12.2. The van der Waals surface area contributed by atoms with Crippen LogP contribution in [0.4, 0.5) is 13.2 Å². The molecule has 1 aromatic rings. The van der Waals surface area contributed by atoms with E-state index in [2.05, 4.69) is 0 Å². The van der Waals surface area contributed by atoms with Crippen molar-refractivity contribution < 1.29 is 18.0 Å². The Balaban J connectivity index is 2.75. The van der Waals surface area contributed by atoms with Gasteiger partial charge in [-0.05, 0) is 5.56 Å². The third kappa shape index (κ3) is 3.92. The molecule has 0 saturated carbocycles. The lowest BCUT2D eigenvalue weighted by molar-refractivity contribution is -0.160. The maximum Gasteiger partial charge on any atom is 0.408 e. The number of hydrogen-bond acceptors (Lipinski definition) is 1. The summed E-state index contributed by atoms with van der Waals surface area (Å²) in [4.78, 5) is 10.7. The van der Waals surface area contributed by atoms with Crippen molar-refractivity contribution in [1.29, 1.82) is 0 Å². The summed E-state index contributed by atoms with van der Waals surface area (Å²) in [7, 11) is 0. The van der Waals surface area contributed by atoms with Crippen LogP contribution >= 0.6 is 0 Å². The molecule has 0 aliphatic heterocycles. The number of halogens is 3. The van der Waals surface area contributed by atoms with E-state index in [-0.39, 0.29) is 6.42 Å². The van der Waals surface area contributed by atoms with Gasteiger partial charge in [-0.15, -0.1) is 0 Å². The monoisotopic (exact) mass is 231 g/mol. The Labute approximate surface area is 91.5 Å². The number of benzene rings is 1. The van der Waals surface area contributed by atoms with Gasteiger partial charge in [0.2, 0.25) is 5.91 Å². The summed E-state index contributed by atoms with van der Waals surface area (Å²) in [6, 6.07) is 6.42. The van der Waals surface area contributed by atoms with E-state index in [1.807, 2.05) is 5.32 Å². The predicted molar refractivity (Wildman–Crippen MR) is 53.8 cm³/mol. The quantitative estimate of drug-likeness (QED) is 0.849. The largest absolute Gasteiger partial charge is 0.408 e. The van der Waals surface area contributed by atoms with Crippen LogP contribution in [0.3, 0.4) is 0 Å². The Morgan fingerprint density at radius 2 is 1.88 bits per heavy atom. The normalized spacial score (nSPS) is 13.2. The molecule has 1 unspecified atom stereocenters. The summed E-state index contributed by atoms with van der Waals surface area (Å²) in [6.07, 6.45) is -4.68. The van der Waals surface area contributed by atoms with Gasteiger partial charge in [-0.2, -0.15) is 13.2 Å². The molecule has 5 heteroatoms. The van der Waals surface area contributed by atoms with Gasteiger partial charge in [0.05, 0.1) is 0 Å². The molecule has 1 rings (SSSR count). The lowest BCUT2D eigenvalue weighted by atomic mass is 10.1. The molecular weight excluding hydrogens is 219 g/mol. The summed E-state index contributed by atoms with van der Waals surface area (Å²) in [6.45, 7) is 1.07. The number of carbonyl (C=O) groups is 1. The summed E-state index contributed by atoms with van der Waals surface area (Å²) >= 11 is 0. The number of nitrogens with one attached hydrogen (secondary N) is 1. The Morgan fingerprint density at radius 1 is 1.31 bits per heavy atom. The average Bonchev–Trinajstić information content (AvgIpc) is 2.16. The zero-order valence-corrected chi connectivity index (χ0v) is 8.71. The van der Waals surface area contributed by atoms with Gasteiger partial charge < -0.3 is 5.32 Å². The first-order valence-corrected chi connectivity index (χ1v) is 4.77. The minimum atomic E-state index is -4.43. The molecule has 0 aliphatic carbocycles. The van der Waals surface area contributed by atoms with Gasteiger partial charge >= 0.3 is 6.18 Å². The maximum absolute atomic E-state index is 12.6. The summed E-state index contributed by atoms with van der Waals surface area (Å²) in [5.74, 6) is -0.682. The van der Waals surface area contributed by atoms with Crippen molar-refractivity contribution in [3.05, 3.63) is 35.9 Å². The van der Waals surface area contributed by atoms with Crippen molar-refractivity contribution in [2.75, 3.05) is 0 Å². The highest BCUT2D eigenvalue weighted by Gasteiger charge is 2.39. The topological polar surface area (TPSA) is 29.1 Å². The van der Waals surface area contributed by atoms with Crippen molar-refractivity contribution in [3.8, 4) is 0 Å². The lowest BCUT2D eigenvalue weighted by Gasteiger charge is -2.20. The van der Waals surface area contributed by atoms with Crippen LogP contribution < -0.4 is 5.32 Å². The third-order valence-electron chi connectivity index (χ3n) is 2.06. The highest BCUT2D eigenvalue weighted by atomic mass is 19.4. The molecule has 1 amide bonds. The van der Waals surface area contributed by atoms with E-state index in [0.29, 0.717) is 5.56 Å². The Hall–Kier alpha value is -1.52. The number of amides is 1. The maximum atomic E-state index is 12.6. The Bertz CT molecular complexity index is 348. The molecule has 0 aromatic heterocycles. The van der Waals surface area contributed by atoms with Gasteiger partial charge in [0.15, 0.2) is 0 Å². The molecule has 16 heavy (non-hydrogen) atoms. The number of hydrogen-bond donors (Lipinski definition) is 1. The van der Waals surface area contributed by atoms with Crippen LogP contribution in [-0.2, 0) is 11.2 Å². The van der Waals surface area contributed by atoms with Crippen LogP contribution in [0.2, 0.25) is 0 Å². The summed E-state index contributed by atoms with van der Waals surface area (Å²) in [5, 5.41) is 1.90. The van der Waals surface area contributed by atoms with Gasteiger partial charge in [-0.25, -0.2) is 0 Å². The highest BCUT2D eigenvalue weighted by molar-refractivity contribution is 5.73. The molecule has 0 aliphatic rings. The first kappa shape index (κ1) is 12.5. The Morgan fingerprint density at radius 3 is 2.31 bits per heavy atom. The van der Waals surface area contributed by atoms with Crippen LogP contribution in [-0.4, -0.2) is 18.1 Å². The minimum Gasteiger partial charge on any atom is -0.344 e. The fourth-order valence-corrected chi connectivity index (χ4v) is 1.34. The smallest absolute Gasteiger partial charge is 0.344 e. The zero-order valence-electron chi connectivity index (χ0n) is 8.71. The minimum absolute atomic E-state index is 0.246. The van der Waals surface area contributed by atoms with Crippen molar-refractivity contribution in [3.63, 3.8) is 0 Å². The van der Waals surface area contributed by atoms with Crippen molar-refractivity contribution in [2.24, 2.45) is 0 Å². The second-order valence-corrected chi connectivity index (χ2v) is 3.48. The van der Waals surface area contributed by atoms with E-state index in [0.717, 1.165) is 6.92 Å². The number of alkyl halides is 3. The molecule has 1 N–H and O–H groups in total. The molecule has 0 spiro atoms. The first-order valence-electron chi connectivity index (χ1n) is 4.77. The highest BCUT2D eigenvalue weighted by Crippen LogP contribution is 2.23. The van der Waals surface area contributed by atoms with E-state index < -0.39 is 18.1 Å². The van der Waals surface area contributed by atoms with Crippen molar-refractivity contribution in [2.45, 2.75) is 25.6 Å². The van der Waals surface area contributed by atoms with E-state index >= 15 is 0 Å². The number of rotatable bonds is 3. The van der Waals surface area contributed by atoms with Crippen LogP contribution in [0, 0.1) is 0 Å². The third-order valence-corrected chi connectivity index (χ3v) is 2.06. The van der Waals surface area contributed by atoms with Gasteiger partial charge in [-0.3, -0.25) is 4.79 Å². The molecule has 0 bridgehead atoms. The Kier molecular flexibility index (Phi) is 3.93. The number of carbonyl (C=O) groups excluding carboxylic acids is 1. The van der Waals surface area contributed by atoms with Gasteiger partial charge in [0.1, 0.15) is 6.04 Å².